The number of hydrogen-bond acceptors (Lipinski definition) is 1. The molecule has 0 N–H and O–H groups in total. The third-order valence-corrected chi connectivity index (χ3v) is 1.26. The van der Waals surface area contributed by atoms with Gasteiger partial charge < -0.3 is 0 Å². The molecule has 0 amide bonds. The van der Waals surface area contributed by atoms with Gasteiger partial charge in [-0.3, -0.25) is 4.99 Å². The minimum atomic E-state index is 0.920. The highest BCUT2D eigenvalue weighted by Gasteiger charge is 1.90. The van der Waals surface area contributed by atoms with Gasteiger partial charge in [-0.15, -0.1) is 0 Å². The van der Waals surface area contributed by atoms with E-state index in [0.717, 1.165) is 25.8 Å². The molecule has 0 rings (SSSR count). The van der Waals surface area contributed by atoms with Gasteiger partial charge in [-0.1, -0.05) is 13.8 Å². The van der Waals surface area contributed by atoms with Crippen molar-refractivity contribution in [3.63, 3.8) is 0 Å². The van der Waals surface area contributed by atoms with E-state index in [1.165, 1.54) is 5.71 Å². The Balaban J connectivity index is 3.53. The van der Waals surface area contributed by atoms with Crippen LogP contribution in [0.4, 0.5) is 0 Å². The van der Waals surface area contributed by atoms with Crippen molar-refractivity contribution in [2.45, 2.75) is 33.1 Å². The van der Waals surface area contributed by atoms with Gasteiger partial charge >= 0.3 is 0 Å². The predicted octanol–water partition coefficient (Wildman–Crippen LogP) is 2.47. The zero-order chi connectivity index (χ0) is 7.11. The van der Waals surface area contributed by atoms with Crippen LogP contribution in [-0.2, 0) is 0 Å². The molecule has 0 aliphatic rings. The molecule has 53 valence electrons. The molecule has 1 nitrogen and oxygen atoms in total. The van der Waals surface area contributed by atoms with Gasteiger partial charge in [0.15, 0.2) is 0 Å². The first kappa shape index (κ1) is 8.67. The van der Waals surface area contributed by atoms with Crippen LogP contribution < -0.4 is 0 Å². The lowest BCUT2D eigenvalue weighted by Crippen LogP contribution is -1.95. The summed E-state index contributed by atoms with van der Waals surface area (Å²) in [4.78, 5) is 4.31. The first-order valence-electron chi connectivity index (χ1n) is 3.66. The van der Waals surface area contributed by atoms with E-state index in [0.29, 0.717) is 0 Å². The average Bonchev–Trinajstić information content (AvgIpc) is 1.88. The van der Waals surface area contributed by atoms with Gasteiger partial charge in [-0.05, 0) is 26.2 Å². The molecule has 0 aliphatic carbocycles. The molecule has 0 spiro atoms. The number of rotatable bonds is 4. The van der Waals surface area contributed by atoms with E-state index in [1.807, 2.05) is 0 Å². The third-order valence-electron chi connectivity index (χ3n) is 1.26. The Bertz CT molecular complexity index is 84.6. The van der Waals surface area contributed by atoms with Crippen LogP contribution in [0.5, 0.6) is 0 Å². The van der Waals surface area contributed by atoms with E-state index < -0.39 is 0 Å². The van der Waals surface area contributed by atoms with Crippen molar-refractivity contribution in [3.05, 3.63) is 6.92 Å². The third kappa shape index (κ3) is 4.19. The first-order chi connectivity index (χ1) is 4.35. The quantitative estimate of drug-likeness (QED) is 0.513. The lowest BCUT2D eigenvalue weighted by atomic mass is 10.2. The lowest BCUT2D eigenvalue weighted by Gasteiger charge is -1.98. The van der Waals surface area contributed by atoms with Crippen LogP contribution in [0, 0.1) is 6.92 Å². The monoisotopic (exact) mass is 126 g/mol. The van der Waals surface area contributed by atoms with Crippen molar-refractivity contribution in [2.75, 3.05) is 6.54 Å². The van der Waals surface area contributed by atoms with Crippen LogP contribution in [0.3, 0.4) is 0 Å². The molecule has 0 aromatic carbocycles. The SMILES string of the molecule is [CH2]CC/C(CC)=N/CC. The summed E-state index contributed by atoms with van der Waals surface area (Å²) in [6, 6.07) is 0. The highest BCUT2D eigenvalue weighted by atomic mass is 14.7. The van der Waals surface area contributed by atoms with Crippen LogP contribution in [0.2, 0.25) is 0 Å². The van der Waals surface area contributed by atoms with E-state index in [-0.39, 0.29) is 0 Å². The first-order valence-corrected chi connectivity index (χ1v) is 3.66. The number of hydrogen-bond donors (Lipinski definition) is 0. The molecule has 0 heterocycles. The standard InChI is InChI=1S/C8H16N/c1-4-7-8(5-2)9-6-3/h1,4-7H2,2-3H3/b9-8+. The van der Waals surface area contributed by atoms with Crippen molar-refractivity contribution in [3.8, 4) is 0 Å². The summed E-state index contributed by atoms with van der Waals surface area (Å²) >= 11 is 0. The van der Waals surface area contributed by atoms with Gasteiger partial charge in [0.05, 0.1) is 0 Å². The molecular weight excluding hydrogens is 110 g/mol. The highest BCUT2D eigenvalue weighted by Crippen LogP contribution is 1.95. The molecule has 9 heavy (non-hydrogen) atoms. The Morgan fingerprint density at radius 1 is 1.44 bits per heavy atom. The molecule has 0 bridgehead atoms. The molecule has 0 fully saturated rings. The molecule has 1 heteroatoms. The summed E-state index contributed by atoms with van der Waals surface area (Å²) in [6.07, 6.45) is 3.14. The molecule has 0 aromatic heterocycles. The maximum Gasteiger partial charge on any atom is 0.0360 e. The van der Waals surface area contributed by atoms with Gasteiger partial charge in [0, 0.05) is 12.3 Å². The van der Waals surface area contributed by atoms with Gasteiger partial charge in [0.1, 0.15) is 0 Å². The minimum Gasteiger partial charge on any atom is -0.294 e. The van der Waals surface area contributed by atoms with E-state index in [1.54, 1.807) is 0 Å². The predicted molar refractivity (Wildman–Crippen MR) is 42.9 cm³/mol. The van der Waals surface area contributed by atoms with E-state index in [9.17, 15) is 0 Å². The lowest BCUT2D eigenvalue weighted by molar-refractivity contribution is 1.00. The molecule has 1 radical (unpaired) electrons. The number of nitrogens with zero attached hydrogens (tertiary/aromatic N) is 1. The van der Waals surface area contributed by atoms with Gasteiger partial charge in [0.25, 0.3) is 0 Å². The smallest absolute Gasteiger partial charge is 0.0360 e. The fourth-order valence-electron chi connectivity index (χ4n) is 0.795. The normalized spacial score (nSPS) is 12.1. The second-order valence-electron chi connectivity index (χ2n) is 2.00. The fraction of sp³-hybridized carbons (Fsp3) is 0.750. The molecular formula is C8H16N. The van der Waals surface area contributed by atoms with Gasteiger partial charge in [-0.2, -0.15) is 0 Å². The van der Waals surface area contributed by atoms with E-state index in [2.05, 4.69) is 25.8 Å². The fourth-order valence-corrected chi connectivity index (χ4v) is 0.795. The minimum absolute atomic E-state index is 0.920. The van der Waals surface area contributed by atoms with E-state index >= 15 is 0 Å². The Labute approximate surface area is 58.2 Å². The summed E-state index contributed by atoms with van der Waals surface area (Å²) < 4.78 is 0. The second kappa shape index (κ2) is 5.80. The molecule has 0 aromatic rings. The largest absolute Gasteiger partial charge is 0.294 e. The van der Waals surface area contributed by atoms with Crippen molar-refractivity contribution in [2.24, 2.45) is 4.99 Å². The van der Waals surface area contributed by atoms with Crippen molar-refractivity contribution >= 4 is 5.71 Å². The topological polar surface area (TPSA) is 12.4 Å². The van der Waals surface area contributed by atoms with Gasteiger partial charge in [0.2, 0.25) is 0 Å². The van der Waals surface area contributed by atoms with Crippen LogP contribution in [0.25, 0.3) is 0 Å². The Hall–Kier alpha value is -0.330. The average molecular weight is 126 g/mol. The molecule has 0 saturated heterocycles. The summed E-state index contributed by atoms with van der Waals surface area (Å²) in [5, 5.41) is 0. The maximum atomic E-state index is 4.31. The molecule has 0 saturated carbocycles. The highest BCUT2D eigenvalue weighted by molar-refractivity contribution is 5.84. The zero-order valence-corrected chi connectivity index (χ0v) is 6.48. The second-order valence-corrected chi connectivity index (χ2v) is 2.00. The summed E-state index contributed by atoms with van der Waals surface area (Å²) in [7, 11) is 0. The summed E-state index contributed by atoms with van der Waals surface area (Å²) in [5.74, 6) is 0. The van der Waals surface area contributed by atoms with Crippen LogP contribution in [0.15, 0.2) is 4.99 Å². The zero-order valence-electron chi connectivity index (χ0n) is 6.48. The maximum absolute atomic E-state index is 4.31. The molecule has 0 aliphatic heterocycles. The summed E-state index contributed by atoms with van der Waals surface area (Å²) in [5.41, 5.74) is 1.31. The molecule has 0 atom stereocenters. The Morgan fingerprint density at radius 3 is 2.44 bits per heavy atom. The van der Waals surface area contributed by atoms with Crippen LogP contribution in [-0.4, -0.2) is 12.3 Å². The Kier molecular flexibility index (Phi) is 5.59. The summed E-state index contributed by atoms with van der Waals surface area (Å²) in [6.45, 7) is 8.91. The van der Waals surface area contributed by atoms with Crippen molar-refractivity contribution in [1.82, 2.24) is 0 Å². The Morgan fingerprint density at radius 2 is 2.11 bits per heavy atom. The van der Waals surface area contributed by atoms with Gasteiger partial charge in [-0.25, -0.2) is 0 Å². The van der Waals surface area contributed by atoms with Crippen molar-refractivity contribution in [1.29, 1.82) is 0 Å². The van der Waals surface area contributed by atoms with Crippen LogP contribution >= 0.6 is 0 Å². The molecule has 0 unspecified atom stereocenters. The number of aliphatic imine (C=N–C) groups is 1. The van der Waals surface area contributed by atoms with Crippen molar-refractivity contribution < 1.29 is 0 Å². The van der Waals surface area contributed by atoms with E-state index in [4.69, 9.17) is 0 Å². The van der Waals surface area contributed by atoms with Crippen LogP contribution in [0.1, 0.15) is 33.1 Å².